The van der Waals surface area contributed by atoms with Crippen molar-refractivity contribution >= 4 is 17.3 Å². The molecule has 0 amide bonds. The molecule has 1 aliphatic rings. The zero-order valence-corrected chi connectivity index (χ0v) is 10.8. The summed E-state index contributed by atoms with van der Waals surface area (Å²) >= 11 is 0. The molecule has 2 aromatic rings. The van der Waals surface area contributed by atoms with E-state index in [0.717, 1.165) is 19.3 Å². The van der Waals surface area contributed by atoms with Crippen LogP contribution in [0.25, 0.3) is 5.65 Å². The van der Waals surface area contributed by atoms with Crippen molar-refractivity contribution in [2.24, 2.45) is 5.41 Å². The van der Waals surface area contributed by atoms with Crippen LogP contribution in [0.4, 0.5) is 11.6 Å². The number of rotatable bonds is 6. The van der Waals surface area contributed by atoms with E-state index < -0.39 is 4.92 Å². The smallest absolute Gasteiger partial charge is 0.368 e. The van der Waals surface area contributed by atoms with E-state index in [1.807, 2.05) is 0 Å². The van der Waals surface area contributed by atoms with Crippen LogP contribution in [0.1, 0.15) is 19.3 Å². The maximum absolute atomic E-state index is 10.9. The highest BCUT2D eigenvalue weighted by Crippen LogP contribution is 2.48. The van der Waals surface area contributed by atoms with E-state index >= 15 is 0 Å². The van der Waals surface area contributed by atoms with Gasteiger partial charge in [0.15, 0.2) is 5.82 Å². The molecule has 0 bridgehead atoms. The van der Waals surface area contributed by atoms with Gasteiger partial charge in [0.25, 0.3) is 0 Å². The lowest BCUT2D eigenvalue weighted by atomic mass is 10.0. The molecule has 0 saturated heterocycles. The molecule has 2 aromatic heterocycles. The minimum absolute atomic E-state index is 0.153. The molecule has 8 heteroatoms. The Balaban J connectivity index is 1.78. The summed E-state index contributed by atoms with van der Waals surface area (Å²) in [5.41, 5.74) is 0.602. The van der Waals surface area contributed by atoms with Gasteiger partial charge in [0.2, 0.25) is 5.65 Å². The highest BCUT2D eigenvalue weighted by atomic mass is 16.6. The van der Waals surface area contributed by atoms with Crippen LogP contribution in [0, 0.1) is 15.5 Å². The summed E-state index contributed by atoms with van der Waals surface area (Å²) in [7, 11) is 0. The molecule has 1 saturated carbocycles. The Hall–Kier alpha value is -2.22. The first-order chi connectivity index (χ1) is 9.63. The first-order valence-corrected chi connectivity index (χ1v) is 6.47. The summed E-state index contributed by atoms with van der Waals surface area (Å²) in [5.74, 6) is 0.419. The van der Waals surface area contributed by atoms with Crippen LogP contribution in [-0.2, 0) is 0 Å². The number of hydrogen-bond donors (Lipinski definition) is 2. The fourth-order valence-electron chi connectivity index (χ4n) is 2.29. The lowest BCUT2D eigenvalue weighted by Crippen LogP contribution is -2.18. The lowest BCUT2D eigenvalue weighted by molar-refractivity contribution is -0.391. The molecular weight excluding hydrogens is 262 g/mol. The number of fused-ring (bicyclic) bond motifs is 1. The summed E-state index contributed by atoms with van der Waals surface area (Å²) < 4.78 is 1.22. The molecule has 2 heterocycles. The minimum atomic E-state index is -0.509. The fourth-order valence-corrected chi connectivity index (χ4v) is 2.29. The molecule has 8 nitrogen and oxygen atoms in total. The van der Waals surface area contributed by atoms with Crippen molar-refractivity contribution in [2.45, 2.75) is 19.3 Å². The van der Waals surface area contributed by atoms with Gasteiger partial charge in [-0.2, -0.15) is 0 Å². The molecule has 0 unspecified atom stereocenters. The maximum atomic E-state index is 10.9. The molecule has 1 aliphatic carbocycles. The highest BCUT2D eigenvalue weighted by Gasteiger charge is 2.41. The van der Waals surface area contributed by atoms with Crippen LogP contribution in [0.2, 0.25) is 0 Å². The number of nitrogens with one attached hydrogen (secondary N) is 1. The van der Waals surface area contributed by atoms with E-state index in [4.69, 9.17) is 5.11 Å². The first-order valence-electron chi connectivity index (χ1n) is 6.47. The molecule has 20 heavy (non-hydrogen) atoms. The average Bonchev–Trinajstić information content (AvgIpc) is 3.06. The summed E-state index contributed by atoms with van der Waals surface area (Å²) in [4.78, 5) is 14.3. The van der Waals surface area contributed by atoms with Crippen LogP contribution < -0.4 is 5.32 Å². The summed E-state index contributed by atoms with van der Waals surface area (Å²) in [6.07, 6.45) is 4.15. The van der Waals surface area contributed by atoms with E-state index in [2.05, 4.69) is 15.4 Å². The quantitative estimate of drug-likeness (QED) is 0.607. The molecule has 0 radical (unpaired) electrons. The Morgan fingerprint density at radius 2 is 2.30 bits per heavy atom. The number of aliphatic hydroxyl groups excluding tert-OH is 1. The highest BCUT2D eigenvalue weighted by molar-refractivity contribution is 5.48. The normalized spacial score (nSPS) is 16.2. The molecule has 0 spiro atoms. The first kappa shape index (κ1) is 12.8. The van der Waals surface area contributed by atoms with Crippen LogP contribution in [-0.4, -0.2) is 37.8 Å². The molecule has 3 rings (SSSR count). The van der Waals surface area contributed by atoms with E-state index in [1.165, 1.54) is 10.7 Å². The summed E-state index contributed by atoms with van der Waals surface area (Å²) in [5, 5.41) is 27.2. The van der Waals surface area contributed by atoms with E-state index in [1.54, 1.807) is 12.1 Å². The minimum Gasteiger partial charge on any atom is -0.396 e. The van der Waals surface area contributed by atoms with Crippen molar-refractivity contribution in [3.63, 3.8) is 0 Å². The Morgan fingerprint density at radius 1 is 1.50 bits per heavy atom. The van der Waals surface area contributed by atoms with Crippen molar-refractivity contribution < 1.29 is 10.0 Å². The Bertz CT molecular complexity index is 650. The van der Waals surface area contributed by atoms with Crippen LogP contribution in [0.3, 0.4) is 0 Å². The van der Waals surface area contributed by atoms with Crippen molar-refractivity contribution in [3.05, 3.63) is 28.4 Å². The number of nitro groups is 1. The van der Waals surface area contributed by atoms with Gasteiger partial charge in [-0.3, -0.25) is 0 Å². The molecule has 0 aliphatic heterocycles. The van der Waals surface area contributed by atoms with Crippen LogP contribution >= 0.6 is 0 Å². The van der Waals surface area contributed by atoms with E-state index in [0.29, 0.717) is 18.0 Å². The molecule has 106 valence electrons. The van der Waals surface area contributed by atoms with Gasteiger partial charge in [-0.25, -0.2) is 4.98 Å². The van der Waals surface area contributed by atoms with Crippen molar-refractivity contribution in [3.8, 4) is 0 Å². The predicted molar refractivity (Wildman–Crippen MR) is 71.5 cm³/mol. The fraction of sp³-hybridized carbons (Fsp3) is 0.500. The Labute approximate surface area is 114 Å². The molecule has 0 atom stereocenters. The second-order valence-electron chi connectivity index (χ2n) is 5.19. The zero-order chi connectivity index (χ0) is 14.2. The SMILES string of the molecule is O=[N+]([O-])c1cnc2ccc(NCC3(CCO)CC3)nn12. The van der Waals surface area contributed by atoms with Crippen LogP contribution in [0.15, 0.2) is 18.3 Å². The van der Waals surface area contributed by atoms with Gasteiger partial charge in [0.05, 0.1) is 0 Å². The number of imidazole rings is 1. The molecular formula is C12H15N5O3. The standard InChI is InChI=1S/C12H15N5O3/c18-6-5-12(3-4-12)8-14-9-1-2-10-13-7-11(17(19)20)16(10)15-9/h1-2,7,18H,3-6,8H2,(H,14,15). The largest absolute Gasteiger partial charge is 0.396 e. The number of aromatic nitrogens is 3. The predicted octanol–water partition coefficient (Wildman–Crippen LogP) is 1.21. The van der Waals surface area contributed by atoms with Crippen molar-refractivity contribution in [1.82, 2.24) is 14.6 Å². The van der Waals surface area contributed by atoms with Gasteiger partial charge in [0, 0.05) is 19.2 Å². The average molecular weight is 277 g/mol. The number of hydrogen-bond acceptors (Lipinski definition) is 6. The second kappa shape index (κ2) is 4.71. The van der Waals surface area contributed by atoms with Gasteiger partial charge in [-0.05, 0) is 35.7 Å². The second-order valence-corrected chi connectivity index (χ2v) is 5.19. The molecule has 0 aromatic carbocycles. The topological polar surface area (TPSA) is 106 Å². The van der Waals surface area contributed by atoms with Crippen molar-refractivity contribution in [1.29, 1.82) is 0 Å². The number of nitrogens with zero attached hydrogens (tertiary/aromatic N) is 4. The zero-order valence-electron chi connectivity index (χ0n) is 10.8. The Kier molecular flexibility index (Phi) is 3.01. The van der Waals surface area contributed by atoms with Gasteiger partial charge in [-0.1, -0.05) is 9.61 Å². The van der Waals surface area contributed by atoms with Gasteiger partial charge < -0.3 is 20.5 Å². The van der Waals surface area contributed by atoms with Gasteiger partial charge in [-0.15, -0.1) is 0 Å². The van der Waals surface area contributed by atoms with Gasteiger partial charge in [0.1, 0.15) is 6.20 Å². The third kappa shape index (κ3) is 2.29. The third-order valence-electron chi connectivity index (χ3n) is 3.78. The molecule has 2 N–H and O–H groups in total. The number of anilines is 1. The molecule has 1 fully saturated rings. The monoisotopic (exact) mass is 277 g/mol. The van der Waals surface area contributed by atoms with Crippen LogP contribution in [0.5, 0.6) is 0 Å². The van der Waals surface area contributed by atoms with Gasteiger partial charge >= 0.3 is 5.82 Å². The Morgan fingerprint density at radius 3 is 2.95 bits per heavy atom. The lowest BCUT2D eigenvalue weighted by Gasteiger charge is -2.14. The maximum Gasteiger partial charge on any atom is 0.368 e. The van der Waals surface area contributed by atoms with E-state index in [9.17, 15) is 10.1 Å². The van der Waals surface area contributed by atoms with E-state index in [-0.39, 0.29) is 17.8 Å². The third-order valence-corrected chi connectivity index (χ3v) is 3.78. The van der Waals surface area contributed by atoms with Crippen molar-refractivity contribution in [2.75, 3.05) is 18.5 Å². The number of aliphatic hydroxyl groups is 1. The summed E-state index contributed by atoms with van der Waals surface area (Å²) in [6, 6.07) is 3.44. The summed E-state index contributed by atoms with van der Waals surface area (Å²) in [6.45, 7) is 0.899.